The molecule has 7 heteroatoms. The minimum absolute atomic E-state index is 0.0673. The van der Waals surface area contributed by atoms with Gasteiger partial charge in [-0.15, -0.1) is 0 Å². The molecule has 1 N–H and O–H groups in total. The summed E-state index contributed by atoms with van der Waals surface area (Å²) in [5, 5.41) is 2.72. The molecule has 0 radical (unpaired) electrons. The van der Waals surface area contributed by atoms with Crippen LogP contribution in [0.25, 0.3) is 0 Å². The van der Waals surface area contributed by atoms with Crippen molar-refractivity contribution in [3.05, 3.63) is 65.2 Å². The molecule has 2 rings (SSSR count). The fourth-order valence-corrected chi connectivity index (χ4v) is 3.36. The summed E-state index contributed by atoms with van der Waals surface area (Å²) < 4.78 is 25.4. The van der Waals surface area contributed by atoms with Crippen molar-refractivity contribution < 1.29 is 18.0 Å². The highest BCUT2D eigenvalue weighted by Crippen LogP contribution is 2.19. The van der Waals surface area contributed by atoms with Crippen molar-refractivity contribution in [2.24, 2.45) is 0 Å². The molecule has 0 saturated heterocycles. The van der Waals surface area contributed by atoms with Crippen LogP contribution >= 0.6 is 0 Å². The molecule has 0 heterocycles. The average Bonchev–Trinajstić information content (AvgIpc) is 2.58. The zero-order valence-electron chi connectivity index (χ0n) is 15.0. The Morgan fingerprint density at radius 3 is 2.27 bits per heavy atom. The summed E-state index contributed by atoms with van der Waals surface area (Å²) >= 11 is 0. The molecule has 0 unspecified atom stereocenters. The van der Waals surface area contributed by atoms with Crippen LogP contribution in [-0.4, -0.2) is 39.5 Å². The zero-order chi connectivity index (χ0) is 19.3. The summed E-state index contributed by atoms with van der Waals surface area (Å²) in [6, 6.07) is 13.5. The van der Waals surface area contributed by atoms with Gasteiger partial charge in [-0.3, -0.25) is 13.9 Å². The van der Waals surface area contributed by atoms with Crippen molar-refractivity contribution in [2.75, 3.05) is 23.7 Å². The third kappa shape index (κ3) is 5.16. The maximum atomic E-state index is 12.1. The first-order valence-corrected chi connectivity index (χ1v) is 9.97. The lowest BCUT2D eigenvalue weighted by Gasteiger charge is -2.23. The van der Waals surface area contributed by atoms with Crippen molar-refractivity contribution in [3.63, 3.8) is 0 Å². The lowest BCUT2D eigenvalue weighted by molar-refractivity contribution is 0.0954. The molecule has 0 spiro atoms. The van der Waals surface area contributed by atoms with Crippen LogP contribution in [0.4, 0.5) is 5.69 Å². The van der Waals surface area contributed by atoms with Crippen molar-refractivity contribution in [2.45, 2.75) is 13.8 Å². The summed E-state index contributed by atoms with van der Waals surface area (Å²) in [6.07, 6.45) is 1.09. The Kier molecular flexibility index (Phi) is 6.15. The number of hydrogen-bond acceptors (Lipinski definition) is 4. The third-order valence-electron chi connectivity index (χ3n) is 3.86. The minimum atomic E-state index is -3.56. The first-order valence-electron chi connectivity index (χ1n) is 8.12. The minimum Gasteiger partial charge on any atom is -0.350 e. The van der Waals surface area contributed by atoms with Crippen LogP contribution in [0.15, 0.2) is 48.5 Å². The number of carbonyl (C=O) groups is 2. The smallest absolute Gasteiger partial charge is 0.251 e. The van der Waals surface area contributed by atoms with E-state index < -0.39 is 10.0 Å². The average molecular weight is 374 g/mol. The Labute approximate surface area is 153 Å². The van der Waals surface area contributed by atoms with Crippen molar-refractivity contribution in [1.29, 1.82) is 0 Å². The number of benzene rings is 2. The topological polar surface area (TPSA) is 83.6 Å². The second kappa shape index (κ2) is 8.14. The quantitative estimate of drug-likeness (QED) is 0.754. The van der Waals surface area contributed by atoms with Gasteiger partial charge < -0.3 is 5.32 Å². The molecule has 0 aliphatic heterocycles. The fourth-order valence-electron chi connectivity index (χ4n) is 2.44. The number of nitrogens with zero attached hydrogens (tertiary/aromatic N) is 1. The second-order valence-corrected chi connectivity index (χ2v) is 7.97. The Hall–Kier alpha value is -2.67. The van der Waals surface area contributed by atoms with Gasteiger partial charge in [0.1, 0.15) is 0 Å². The predicted molar refractivity (Wildman–Crippen MR) is 102 cm³/mol. The molecular weight excluding hydrogens is 352 g/mol. The van der Waals surface area contributed by atoms with Gasteiger partial charge in [-0.25, -0.2) is 8.42 Å². The van der Waals surface area contributed by atoms with Gasteiger partial charge in [-0.05, 0) is 38.1 Å². The molecule has 0 fully saturated rings. The summed E-state index contributed by atoms with van der Waals surface area (Å²) in [4.78, 5) is 23.7. The number of ketones is 1. The van der Waals surface area contributed by atoms with Gasteiger partial charge in [0.15, 0.2) is 5.78 Å². The van der Waals surface area contributed by atoms with Crippen LogP contribution in [0.3, 0.4) is 0 Å². The van der Waals surface area contributed by atoms with E-state index in [1.807, 2.05) is 19.1 Å². The standard InChI is InChI=1S/C19H22N2O4S/c1-14-7-9-16(10-8-14)19(23)20-11-12-21(26(3,24)25)18-6-4-5-17(13-18)15(2)22/h4-10,13H,11-12H2,1-3H3,(H,20,23). The number of anilines is 1. The van der Waals surface area contributed by atoms with Gasteiger partial charge in [0.05, 0.1) is 18.5 Å². The lowest BCUT2D eigenvalue weighted by atomic mass is 10.1. The molecule has 26 heavy (non-hydrogen) atoms. The highest BCUT2D eigenvalue weighted by molar-refractivity contribution is 7.92. The van der Waals surface area contributed by atoms with E-state index in [9.17, 15) is 18.0 Å². The van der Waals surface area contributed by atoms with Crippen LogP contribution in [0, 0.1) is 6.92 Å². The van der Waals surface area contributed by atoms with Crippen LogP contribution in [-0.2, 0) is 10.0 Å². The predicted octanol–water partition coefficient (Wildman–Crippen LogP) is 2.39. The number of nitrogens with one attached hydrogen (secondary N) is 1. The Balaban J connectivity index is 2.10. The summed E-state index contributed by atoms with van der Waals surface area (Å²) in [5.41, 5.74) is 2.39. The van der Waals surface area contributed by atoms with Gasteiger partial charge >= 0.3 is 0 Å². The molecule has 0 aliphatic rings. The second-order valence-electron chi connectivity index (χ2n) is 6.06. The Bertz CT molecular complexity index is 905. The molecule has 0 aliphatic carbocycles. The van der Waals surface area contributed by atoms with Crippen LogP contribution in [0.2, 0.25) is 0 Å². The first kappa shape index (κ1) is 19.7. The molecule has 1 amide bonds. The maximum Gasteiger partial charge on any atom is 0.251 e. The summed E-state index contributed by atoms with van der Waals surface area (Å²) in [6.45, 7) is 3.56. The molecule has 138 valence electrons. The lowest BCUT2D eigenvalue weighted by Crippen LogP contribution is -2.38. The normalized spacial score (nSPS) is 11.0. The van der Waals surface area contributed by atoms with E-state index in [0.29, 0.717) is 16.8 Å². The van der Waals surface area contributed by atoms with Gasteiger partial charge in [-0.2, -0.15) is 0 Å². The molecule has 0 aromatic heterocycles. The highest BCUT2D eigenvalue weighted by atomic mass is 32.2. The summed E-state index contributed by atoms with van der Waals surface area (Å²) in [5.74, 6) is -0.413. The maximum absolute atomic E-state index is 12.1. The molecule has 0 bridgehead atoms. The fraction of sp³-hybridized carbons (Fsp3) is 0.263. The summed E-state index contributed by atoms with van der Waals surface area (Å²) in [7, 11) is -3.56. The Morgan fingerprint density at radius 1 is 1.04 bits per heavy atom. The number of rotatable bonds is 7. The van der Waals surface area contributed by atoms with Crippen LogP contribution < -0.4 is 9.62 Å². The van der Waals surface area contributed by atoms with E-state index >= 15 is 0 Å². The van der Waals surface area contributed by atoms with Gasteiger partial charge in [-0.1, -0.05) is 29.8 Å². The highest BCUT2D eigenvalue weighted by Gasteiger charge is 2.18. The molecule has 6 nitrogen and oxygen atoms in total. The number of amides is 1. The number of carbonyl (C=O) groups excluding carboxylic acids is 2. The molecule has 0 atom stereocenters. The monoisotopic (exact) mass is 374 g/mol. The molecular formula is C19H22N2O4S. The number of hydrogen-bond donors (Lipinski definition) is 1. The van der Waals surface area contributed by atoms with E-state index in [4.69, 9.17) is 0 Å². The van der Waals surface area contributed by atoms with Crippen LogP contribution in [0.5, 0.6) is 0 Å². The van der Waals surface area contributed by atoms with E-state index in [1.54, 1.807) is 30.3 Å². The molecule has 0 saturated carbocycles. The van der Waals surface area contributed by atoms with Gasteiger partial charge in [0.25, 0.3) is 5.91 Å². The van der Waals surface area contributed by atoms with E-state index in [-0.39, 0.29) is 24.8 Å². The largest absolute Gasteiger partial charge is 0.350 e. The zero-order valence-corrected chi connectivity index (χ0v) is 15.8. The van der Waals surface area contributed by atoms with Crippen LogP contribution in [0.1, 0.15) is 33.2 Å². The number of sulfonamides is 1. The number of Topliss-reactive ketones (excluding diaryl/α,β-unsaturated/α-hetero) is 1. The van der Waals surface area contributed by atoms with E-state index in [0.717, 1.165) is 11.8 Å². The van der Waals surface area contributed by atoms with E-state index in [2.05, 4.69) is 5.32 Å². The first-order chi connectivity index (χ1) is 12.2. The SMILES string of the molecule is CC(=O)c1cccc(N(CCNC(=O)c2ccc(C)cc2)S(C)(=O)=O)c1. The van der Waals surface area contributed by atoms with Gasteiger partial charge in [0, 0.05) is 17.7 Å². The van der Waals surface area contributed by atoms with Crippen molar-refractivity contribution in [3.8, 4) is 0 Å². The number of aryl methyl sites for hydroxylation is 1. The van der Waals surface area contributed by atoms with Crippen molar-refractivity contribution in [1.82, 2.24) is 5.32 Å². The Morgan fingerprint density at radius 2 is 1.69 bits per heavy atom. The van der Waals surface area contributed by atoms with E-state index in [1.165, 1.54) is 17.3 Å². The molecule has 2 aromatic rings. The molecule has 2 aromatic carbocycles. The van der Waals surface area contributed by atoms with Gasteiger partial charge in [0.2, 0.25) is 10.0 Å². The van der Waals surface area contributed by atoms with Crippen molar-refractivity contribution >= 4 is 27.4 Å². The third-order valence-corrected chi connectivity index (χ3v) is 5.05.